The van der Waals surface area contributed by atoms with Gasteiger partial charge >= 0.3 is 0 Å². The highest BCUT2D eigenvalue weighted by Gasteiger charge is 2.25. The van der Waals surface area contributed by atoms with Gasteiger partial charge in [0.15, 0.2) is 0 Å². The zero-order valence-corrected chi connectivity index (χ0v) is 15.8. The molecule has 1 aliphatic heterocycles. The summed E-state index contributed by atoms with van der Waals surface area (Å²) < 4.78 is 0. The molecule has 0 radical (unpaired) electrons. The Morgan fingerprint density at radius 3 is 2.45 bits per heavy atom. The lowest BCUT2D eigenvalue weighted by molar-refractivity contribution is 0.160. The number of halogens is 4. The van der Waals surface area contributed by atoms with Crippen LogP contribution in [0.3, 0.4) is 0 Å². The number of benzene rings is 1. The van der Waals surface area contributed by atoms with Crippen LogP contribution >= 0.6 is 48.0 Å². The average molecular weight is 390 g/mol. The minimum absolute atomic E-state index is 0. The Morgan fingerprint density at radius 1 is 1.23 bits per heavy atom. The van der Waals surface area contributed by atoms with Crippen molar-refractivity contribution in [2.45, 2.75) is 32.2 Å². The number of phenolic OH excluding ortho intramolecular Hbond substituents is 1. The Bertz CT molecular complexity index is 453. The summed E-state index contributed by atoms with van der Waals surface area (Å²) in [5, 5.41) is 14.6. The fourth-order valence-electron chi connectivity index (χ4n) is 2.77. The number of unbranched alkanes of at least 4 members (excludes halogenated alkanes) is 1. The summed E-state index contributed by atoms with van der Waals surface area (Å²) in [5.41, 5.74) is 0.859. The predicted molar refractivity (Wildman–Crippen MR) is 99.3 cm³/mol. The molecular weight excluding hydrogens is 366 g/mol. The zero-order chi connectivity index (χ0) is 14.5. The van der Waals surface area contributed by atoms with Gasteiger partial charge in [0.1, 0.15) is 5.75 Å². The molecule has 0 aromatic heterocycles. The molecular formula is C15H24Cl4N2O. The van der Waals surface area contributed by atoms with Crippen molar-refractivity contribution >= 4 is 48.0 Å². The maximum absolute atomic E-state index is 10.3. The Morgan fingerprint density at radius 2 is 1.86 bits per heavy atom. The van der Waals surface area contributed by atoms with E-state index in [-0.39, 0.29) is 36.6 Å². The smallest absolute Gasteiger partial charge is 0.139 e. The SMILES string of the molecule is CCCC[C@@H](c1cc(Cl)cc(Cl)c1O)N1CCNCC1.Cl.Cl. The average Bonchev–Trinajstić information content (AvgIpc) is 2.45. The van der Waals surface area contributed by atoms with Gasteiger partial charge in [-0.1, -0.05) is 43.0 Å². The Labute approximate surface area is 155 Å². The maximum Gasteiger partial charge on any atom is 0.139 e. The first-order chi connectivity index (χ1) is 9.63. The van der Waals surface area contributed by atoms with E-state index in [2.05, 4.69) is 17.1 Å². The van der Waals surface area contributed by atoms with E-state index in [4.69, 9.17) is 23.2 Å². The van der Waals surface area contributed by atoms with Gasteiger partial charge in [0.05, 0.1) is 5.02 Å². The van der Waals surface area contributed by atoms with Gasteiger partial charge in [0, 0.05) is 42.8 Å². The van der Waals surface area contributed by atoms with Crippen LogP contribution in [0.25, 0.3) is 0 Å². The molecule has 1 saturated heterocycles. The van der Waals surface area contributed by atoms with Crippen LogP contribution in [-0.2, 0) is 0 Å². The van der Waals surface area contributed by atoms with Crippen molar-refractivity contribution in [1.82, 2.24) is 10.2 Å². The van der Waals surface area contributed by atoms with E-state index in [0.29, 0.717) is 10.0 Å². The number of nitrogens with zero attached hydrogens (tertiary/aromatic N) is 1. The standard InChI is InChI=1S/C15H22Cl2N2O.2ClH/c1-2-3-4-14(19-7-5-18-6-8-19)12-9-11(16)10-13(17)15(12)20;;/h9-10,14,18,20H,2-8H2,1H3;2*1H/t14-;;/m0../s1. The van der Waals surface area contributed by atoms with Gasteiger partial charge < -0.3 is 10.4 Å². The van der Waals surface area contributed by atoms with Gasteiger partial charge in [-0.2, -0.15) is 0 Å². The monoisotopic (exact) mass is 388 g/mol. The van der Waals surface area contributed by atoms with Crippen molar-refractivity contribution in [1.29, 1.82) is 0 Å². The molecule has 1 aliphatic rings. The molecule has 0 amide bonds. The summed E-state index contributed by atoms with van der Waals surface area (Å²) in [5.74, 6) is 0.177. The molecule has 0 bridgehead atoms. The van der Waals surface area contributed by atoms with Crippen LogP contribution in [0.15, 0.2) is 12.1 Å². The molecule has 1 heterocycles. The van der Waals surface area contributed by atoms with Crippen molar-refractivity contribution in [3.8, 4) is 5.75 Å². The van der Waals surface area contributed by atoms with Crippen LogP contribution in [0.4, 0.5) is 0 Å². The Balaban J connectivity index is 0.00000220. The summed E-state index contributed by atoms with van der Waals surface area (Å²) in [7, 11) is 0. The number of rotatable bonds is 5. The molecule has 2 rings (SSSR count). The Hall–Kier alpha value is 0.1000. The lowest BCUT2D eigenvalue weighted by Crippen LogP contribution is -2.45. The largest absolute Gasteiger partial charge is 0.506 e. The summed E-state index contributed by atoms with van der Waals surface area (Å²) in [6.07, 6.45) is 3.27. The molecule has 0 unspecified atom stereocenters. The third-order valence-electron chi connectivity index (χ3n) is 3.84. The quantitative estimate of drug-likeness (QED) is 0.767. The summed E-state index contributed by atoms with van der Waals surface area (Å²) in [6.45, 7) is 6.12. The van der Waals surface area contributed by atoms with Crippen molar-refractivity contribution in [3.05, 3.63) is 27.7 Å². The van der Waals surface area contributed by atoms with Crippen LogP contribution in [0.5, 0.6) is 5.75 Å². The van der Waals surface area contributed by atoms with Gasteiger partial charge in [-0.3, -0.25) is 4.90 Å². The molecule has 1 aromatic carbocycles. The molecule has 128 valence electrons. The van der Waals surface area contributed by atoms with E-state index in [1.165, 1.54) is 0 Å². The van der Waals surface area contributed by atoms with Crippen LogP contribution in [0.1, 0.15) is 37.8 Å². The van der Waals surface area contributed by atoms with E-state index in [1.54, 1.807) is 6.07 Å². The summed E-state index contributed by atoms with van der Waals surface area (Å²) >= 11 is 12.2. The molecule has 1 atom stereocenters. The predicted octanol–water partition coefficient (Wildman–Crippen LogP) is 4.68. The molecule has 1 fully saturated rings. The van der Waals surface area contributed by atoms with Crippen molar-refractivity contribution in [3.63, 3.8) is 0 Å². The van der Waals surface area contributed by atoms with E-state index >= 15 is 0 Å². The van der Waals surface area contributed by atoms with Crippen LogP contribution in [0, 0.1) is 0 Å². The molecule has 1 aromatic rings. The summed E-state index contributed by atoms with van der Waals surface area (Å²) in [4.78, 5) is 2.41. The maximum atomic E-state index is 10.3. The molecule has 0 aliphatic carbocycles. The topological polar surface area (TPSA) is 35.5 Å². The molecule has 22 heavy (non-hydrogen) atoms. The van der Waals surface area contributed by atoms with E-state index in [9.17, 15) is 5.11 Å². The zero-order valence-electron chi connectivity index (χ0n) is 12.6. The lowest BCUT2D eigenvalue weighted by atomic mass is 9.98. The minimum atomic E-state index is 0. The highest BCUT2D eigenvalue weighted by molar-refractivity contribution is 6.35. The number of aromatic hydroxyl groups is 1. The van der Waals surface area contributed by atoms with E-state index in [1.807, 2.05) is 6.07 Å². The molecule has 2 N–H and O–H groups in total. The van der Waals surface area contributed by atoms with E-state index in [0.717, 1.165) is 51.0 Å². The van der Waals surface area contributed by atoms with Gasteiger partial charge in [-0.05, 0) is 18.6 Å². The Kier molecular flexibility index (Phi) is 10.8. The number of hydrogen-bond donors (Lipinski definition) is 2. The number of piperazine rings is 1. The lowest BCUT2D eigenvalue weighted by Gasteiger charge is -2.35. The third kappa shape index (κ3) is 5.63. The van der Waals surface area contributed by atoms with Crippen LogP contribution < -0.4 is 5.32 Å². The van der Waals surface area contributed by atoms with Crippen molar-refractivity contribution in [2.24, 2.45) is 0 Å². The highest BCUT2D eigenvalue weighted by atomic mass is 35.5. The van der Waals surface area contributed by atoms with Crippen LogP contribution in [0.2, 0.25) is 10.0 Å². The molecule has 0 saturated carbocycles. The molecule has 0 spiro atoms. The van der Waals surface area contributed by atoms with Gasteiger partial charge in [0.25, 0.3) is 0 Å². The fraction of sp³-hybridized carbons (Fsp3) is 0.600. The van der Waals surface area contributed by atoms with Crippen LogP contribution in [-0.4, -0.2) is 36.2 Å². The number of hydrogen-bond acceptors (Lipinski definition) is 3. The second-order valence-electron chi connectivity index (χ2n) is 5.27. The summed E-state index contributed by atoms with van der Waals surface area (Å²) in [6, 6.07) is 3.63. The van der Waals surface area contributed by atoms with Crippen molar-refractivity contribution < 1.29 is 5.11 Å². The van der Waals surface area contributed by atoms with Gasteiger partial charge in [-0.25, -0.2) is 0 Å². The number of nitrogens with one attached hydrogen (secondary N) is 1. The fourth-order valence-corrected chi connectivity index (χ4v) is 3.28. The number of phenols is 1. The van der Waals surface area contributed by atoms with E-state index < -0.39 is 0 Å². The first-order valence-electron chi connectivity index (χ1n) is 7.26. The minimum Gasteiger partial charge on any atom is -0.506 e. The van der Waals surface area contributed by atoms with Gasteiger partial charge in [0.2, 0.25) is 0 Å². The van der Waals surface area contributed by atoms with Crippen molar-refractivity contribution in [2.75, 3.05) is 26.2 Å². The first-order valence-corrected chi connectivity index (χ1v) is 8.01. The normalized spacial score (nSPS) is 16.5. The first kappa shape index (κ1) is 22.1. The molecule has 3 nitrogen and oxygen atoms in total. The second-order valence-corrected chi connectivity index (χ2v) is 6.11. The third-order valence-corrected chi connectivity index (χ3v) is 4.35. The highest BCUT2D eigenvalue weighted by Crippen LogP contribution is 2.39. The van der Waals surface area contributed by atoms with Gasteiger partial charge in [-0.15, -0.1) is 24.8 Å². The second kappa shape index (κ2) is 10.8. The molecule has 7 heteroatoms.